The van der Waals surface area contributed by atoms with E-state index in [1.54, 1.807) is 5.57 Å². The number of allylic oxidation sites excluding steroid dienone is 3. The minimum absolute atomic E-state index is 0.907. The van der Waals surface area contributed by atoms with Crippen LogP contribution in [0.4, 0.5) is 0 Å². The van der Waals surface area contributed by atoms with Crippen LogP contribution in [0.5, 0.6) is 0 Å². The van der Waals surface area contributed by atoms with Crippen LogP contribution in [-0.4, -0.2) is 7.05 Å². The molecule has 1 heteroatoms. The summed E-state index contributed by atoms with van der Waals surface area (Å²) in [5.74, 6) is 0.907. The van der Waals surface area contributed by atoms with Gasteiger partial charge in [-0.05, 0) is 37.5 Å². The van der Waals surface area contributed by atoms with Crippen molar-refractivity contribution in [3.8, 4) is 0 Å². The van der Waals surface area contributed by atoms with Crippen molar-refractivity contribution in [3.63, 3.8) is 0 Å². The van der Waals surface area contributed by atoms with Crippen LogP contribution >= 0.6 is 0 Å². The fourth-order valence-electron chi connectivity index (χ4n) is 1.52. The van der Waals surface area contributed by atoms with Crippen LogP contribution in [0, 0.1) is 5.92 Å². The Labute approximate surface area is 69.2 Å². The zero-order valence-electron chi connectivity index (χ0n) is 7.43. The molecule has 1 aliphatic rings. The highest BCUT2D eigenvalue weighted by Gasteiger charge is 2.13. The lowest BCUT2D eigenvalue weighted by molar-refractivity contribution is 0.620. The minimum atomic E-state index is 0.907. The zero-order valence-corrected chi connectivity index (χ0v) is 7.43. The van der Waals surface area contributed by atoms with Crippen molar-refractivity contribution in [2.24, 2.45) is 5.92 Å². The van der Waals surface area contributed by atoms with Gasteiger partial charge in [-0.15, -0.1) is 0 Å². The summed E-state index contributed by atoms with van der Waals surface area (Å²) in [5, 5.41) is 2.98. The molecule has 0 unspecified atom stereocenters. The van der Waals surface area contributed by atoms with E-state index in [9.17, 15) is 0 Å². The second-order valence-corrected chi connectivity index (χ2v) is 3.32. The third-order valence-electron chi connectivity index (χ3n) is 2.16. The number of hydrogen-bond acceptors (Lipinski definition) is 1. The van der Waals surface area contributed by atoms with Crippen LogP contribution in [0.25, 0.3) is 0 Å². The molecule has 0 aromatic rings. The molecule has 0 heterocycles. The van der Waals surface area contributed by atoms with E-state index in [4.69, 9.17) is 0 Å². The molecule has 1 atom stereocenters. The number of rotatable bonds is 2. The molecule has 0 saturated heterocycles. The predicted octanol–water partition coefficient (Wildman–Crippen LogP) is 2.47. The maximum absolute atomic E-state index is 2.98. The largest absolute Gasteiger partial charge is 0.394 e. The smallest absolute Gasteiger partial charge is 0.00277 e. The van der Waals surface area contributed by atoms with Gasteiger partial charge in [0.25, 0.3) is 0 Å². The molecule has 62 valence electrons. The SMILES string of the molecule is CN/C=C\C=C1/CC[C@@H](C)C1. The molecule has 0 radical (unpaired) electrons. The Morgan fingerprint density at radius 1 is 1.55 bits per heavy atom. The molecule has 0 spiro atoms. The Kier molecular flexibility index (Phi) is 3.21. The molecule has 1 aliphatic carbocycles. The van der Waals surface area contributed by atoms with Crippen molar-refractivity contribution in [3.05, 3.63) is 23.9 Å². The van der Waals surface area contributed by atoms with E-state index < -0.39 is 0 Å². The first-order valence-electron chi connectivity index (χ1n) is 4.34. The molecule has 1 rings (SSSR count). The summed E-state index contributed by atoms with van der Waals surface area (Å²) in [6.07, 6.45) is 10.3. The van der Waals surface area contributed by atoms with E-state index in [1.165, 1.54) is 19.3 Å². The standard InChI is InChI=1S/C10H17N/c1-9-5-6-10(8-9)4-3-7-11-2/h3-4,7,9,11H,5-6,8H2,1-2H3/b7-3-,10-4+/t9-/m1/s1. The molecule has 1 fully saturated rings. The van der Waals surface area contributed by atoms with E-state index in [0.717, 1.165) is 5.92 Å². The van der Waals surface area contributed by atoms with Crippen LogP contribution in [0.15, 0.2) is 23.9 Å². The summed E-state index contributed by atoms with van der Waals surface area (Å²) in [6.45, 7) is 2.32. The minimum Gasteiger partial charge on any atom is -0.394 e. The van der Waals surface area contributed by atoms with Gasteiger partial charge in [-0.25, -0.2) is 0 Å². The highest BCUT2D eigenvalue weighted by atomic mass is 14.8. The van der Waals surface area contributed by atoms with E-state index in [2.05, 4.69) is 24.4 Å². The quantitative estimate of drug-likeness (QED) is 0.639. The number of nitrogens with one attached hydrogen (secondary N) is 1. The Morgan fingerprint density at radius 2 is 2.36 bits per heavy atom. The molecular formula is C10H17N. The highest BCUT2D eigenvalue weighted by Crippen LogP contribution is 2.29. The maximum Gasteiger partial charge on any atom is 0.00277 e. The predicted molar refractivity (Wildman–Crippen MR) is 49.3 cm³/mol. The number of hydrogen-bond donors (Lipinski definition) is 1. The third kappa shape index (κ3) is 2.79. The zero-order chi connectivity index (χ0) is 8.10. The molecule has 1 nitrogen and oxygen atoms in total. The molecular weight excluding hydrogens is 134 g/mol. The molecule has 11 heavy (non-hydrogen) atoms. The van der Waals surface area contributed by atoms with Gasteiger partial charge in [-0.3, -0.25) is 0 Å². The first-order chi connectivity index (χ1) is 5.33. The van der Waals surface area contributed by atoms with E-state index in [-0.39, 0.29) is 0 Å². The second kappa shape index (κ2) is 4.22. The van der Waals surface area contributed by atoms with Crippen molar-refractivity contribution < 1.29 is 0 Å². The van der Waals surface area contributed by atoms with Crippen LogP contribution in [0.1, 0.15) is 26.2 Å². The maximum atomic E-state index is 2.98. The van der Waals surface area contributed by atoms with Crippen molar-refractivity contribution >= 4 is 0 Å². The Hall–Kier alpha value is -0.720. The third-order valence-corrected chi connectivity index (χ3v) is 2.16. The summed E-state index contributed by atoms with van der Waals surface area (Å²) in [6, 6.07) is 0. The average Bonchev–Trinajstić information content (AvgIpc) is 2.37. The van der Waals surface area contributed by atoms with E-state index >= 15 is 0 Å². The molecule has 0 amide bonds. The van der Waals surface area contributed by atoms with Gasteiger partial charge < -0.3 is 5.32 Å². The highest BCUT2D eigenvalue weighted by molar-refractivity contribution is 5.15. The fourth-order valence-corrected chi connectivity index (χ4v) is 1.52. The van der Waals surface area contributed by atoms with Crippen LogP contribution in [0.2, 0.25) is 0 Å². The molecule has 1 saturated carbocycles. The van der Waals surface area contributed by atoms with Crippen molar-refractivity contribution in [2.45, 2.75) is 26.2 Å². The lowest BCUT2D eigenvalue weighted by Crippen LogP contribution is -1.90. The molecule has 0 aliphatic heterocycles. The van der Waals surface area contributed by atoms with Crippen LogP contribution in [0.3, 0.4) is 0 Å². The molecule has 0 aromatic carbocycles. The molecule has 0 bridgehead atoms. The summed E-state index contributed by atoms with van der Waals surface area (Å²) < 4.78 is 0. The first-order valence-corrected chi connectivity index (χ1v) is 4.34. The van der Waals surface area contributed by atoms with Gasteiger partial charge in [0.2, 0.25) is 0 Å². The van der Waals surface area contributed by atoms with Gasteiger partial charge >= 0.3 is 0 Å². The van der Waals surface area contributed by atoms with Gasteiger partial charge in [0.05, 0.1) is 0 Å². The fraction of sp³-hybridized carbons (Fsp3) is 0.600. The lowest BCUT2D eigenvalue weighted by Gasteiger charge is -1.94. The lowest BCUT2D eigenvalue weighted by atomic mass is 10.1. The van der Waals surface area contributed by atoms with Gasteiger partial charge in [-0.2, -0.15) is 0 Å². The summed E-state index contributed by atoms with van der Waals surface area (Å²) >= 11 is 0. The van der Waals surface area contributed by atoms with Crippen LogP contribution < -0.4 is 5.32 Å². The topological polar surface area (TPSA) is 12.0 Å². The summed E-state index contributed by atoms with van der Waals surface area (Å²) in [5.41, 5.74) is 1.60. The Balaban J connectivity index is 2.36. The van der Waals surface area contributed by atoms with Gasteiger partial charge in [-0.1, -0.05) is 18.6 Å². The monoisotopic (exact) mass is 151 g/mol. The Bertz CT molecular complexity index is 168. The van der Waals surface area contributed by atoms with Gasteiger partial charge in [0.15, 0.2) is 0 Å². The van der Waals surface area contributed by atoms with E-state index in [1.807, 2.05) is 13.2 Å². The van der Waals surface area contributed by atoms with Crippen molar-refractivity contribution in [1.29, 1.82) is 0 Å². The van der Waals surface area contributed by atoms with Crippen molar-refractivity contribution in [1.82, 2.24) is 5.32 Å². The van der Waals surface area contributed by atoms with Crippen molar-refractivity contribution in [2.75, 3.05) is 7.05 Å². The van der Waals surface area contributed by atoms with Gasteiger partial charge in [0.1, 0.15) is 0 Å². The first kappa shape index (κ1) is 8.38. The van der Waals surface area contributed by atoms with E-state index in [0.29, 0.717) is 0 Å². The second-order valence-electron chi connectivity index (χ2n) is 3.32. The normalized spacial score (nSPS) is 28.5. The molecule has 1 N–H and O–H groups in total. The molecule has 0 aromatic heterocycles. The van der Waals surface area contributed by atoms with Crippen LogP contribution in [-0.2, 0) is 0 Å². The average molecular weight is 151 g/mol. The Morgan fingerprint density at radius 3 is 2.91 bits per heavy atom. The van der Waals surface area contributed by atoms with Gasteiger partial charge in [0, 0.05) is 7.05 Å². The summed E-state index contributed by atoms with van der Waals surface area (Å²) in [7, 11) is 1.92. The summed E-state index contributed by atoms with van der Waals surface area (Å²) in [4.78, 5) is 0.